The van der Waals surface area contributed by atoms with Crippen LogP contribution in [-0.2, 0) is 11.2 Å². The third kappa shape index (κ3) is 3.09. The SMILES string of the molecule is CCOC(C)CNC1CCc2c(Br)cccc21. The van der Waals surface area contributed by atoms with Crippen molar-refractivity contribution in [2.24, 2.45) is 0 Å². The molecule has 2 nitrogen and oxygen atoms in total. The van der Waals surface area contributed by atoms with Crippen molar-refractivity contribution in [2.45, 2.75) is 38.8 Å². The Labute approximate surface area is 112 Å². The molecule has 0 saturated heterocycles. The van der Waals surface area contributed by atoms with Gasteiger partial charge in [0.1, 0.15) is 0 Å². The Hall–Kier alpha value is -0.380. The van der Waals surface area contributed by atoms with Gasteiger partial charge in [-0.25, -0.2) is 0 Å². The molecule has 0 radical (unpaired) electrons. The molecule has 1 aromatic carbocycles. The van der Waals surface area contributed by atoms with E-state index in [0.29, 0.717) is 6.04 Å². The number of benzene rings is 1. The first-order valence-electron chi connectivity index (χ1n) is 6.34. The molecule has 1 aliphatic carbocycles. The molecule has 1 N–H and O–H groups in total. The highest BCUT2D eigenvalue weighted by molar-refractivity contribution is 9.10. The van der Waals surface area contributed by atoms with Gasteiger partial charge in [0.15, 0.2) is 0 Å². The number of halogens is 1. The van der Waals surface area contributed by atoms with E-state index in [4.69, 9.17) is 4.74 Å². The summed E-state index contributed by atoms with van der Waals surface area (Å²) in [5.41, 5.74) is 2.91. The first-order chi connectivity index (χ1) is 8.22. The average Bonchev–Trinajstić information content (AvgIpc) is 2.72. The summed E-state index contributed by atoms with van der Waals surface area (Å²) in [7, 11) is 0. The molecular weight excluding hydrogens is 278 g/mol. The summed E-state index contributed by atoms with van der Waals surface area (Å²) in [6, 6.07) is 6.97. The second kappa shape index (κ2) is 5.98. The van der Waals surface area contributed by atoms with Crippen molar-refractivity contribution in [3.05, 3.63) is 33.8 Å². The topological polar surface area (TPSA) is 21.3 Å². The van der Waals surface area contributed by atoms with Gasteiger partial charge >= 0.3 is 0 Å². The van der Waals surface area contributed by atoms with E-state index in [1.807, 2.05) is 6.92 Å². The average molecular weight is 298 g/mol. The van der Waals surface area contributed by atoms with E-state index in [9.17, 15) is 0 Å². The van der Waals surface area contributed by atoms with Crippen molar-refractivity contribution in [1.82, 2.24) is 5.32 Å². The Morgan fingerprint density at radius 3 is 3.12 bits per heavy atom. The third-order valence-electron chi connectivity index (χ3n) is 3.32. The van der Waals surface area contributed by atoms with Crippen LogP contribution in [0.2, 0.25) is 0 Å². The van der Waals surface area contributed by atoms with Crippen LogP contribution in [0.5, 0.6) is 0 Å². The van der Waals surface area contributed by atoms with Gasteiger partial charge in [-0.1, -0.05) is 28.1 Å². The molecule has 1 aromatic rings. The normalized spacial score (nSPS) is 20.3. The largest absolute Gasteiger partial charge is 0.377 e. The van der Waals surface area contributed by atoms with Crippen LogP contribution in [0.4, 0.5) is 0 Å². The molecule has 1 aliphatic rings. The molecule has 0 saturated carbocycles. The third-order valence-corrected chi connectivity index (χ3v) is 4.06. The quantitative estimate of drug-likeness (QED) is 0.899. The Morgan fingerprint density at radius 2 is 2.35 bits per heavy atom. The number of nitrogens with one attached hydrogen (secondary N) is 1. The molecule has 3 heteroatoms. The molecule has 0 bridgehead atoms. The van der Waals surface area contributed by atoms with Crippen LogP contribution in [0, 0.1) is 0 Å². The number of rotatable bonds is 5. The standard InChI is InChI=1S/C14H20BrNO/c1-3-17-10(2)9-16-14-8-7-11-12(14)5-4-6-13(11)15/h4-6,10,14,16H,3,7-9H2,1-2H3. The van der Waals surface area contributed by atoms with E-state index in [1.54, 1.807) is 0 Å². The molecule has 2 unspecified atom stereocenters. The summed E-state index contributed by atoms with van der Waals surface area (Å²) < 4.78 is 6.79. The van der Waals surface area contributed by atoms with Crippen LogP contribution >= 0.6 is 15.9 Å². The highest BCUT2D eigenvalue weighted by Crippen LogP contribution is 2.35. The van der Waals surface area contributed by atoms with Crippen LogP contribution in [0.3, 0.4) is 0 Å². The van der Waals surface area contributed by atoms with Gasteiger partial charge in [-0.15, -0.1) is 0 Å². The van der Waals surface area contributed by atoms with Crippen LogP contribution in [0.1, 0.15) is 37.4 Å². The van der Waals surface area contributed by atoms with Crippen molar-refractivity contribution in [1.29, 1.82) is 0 Å². The van der Waals surface area contributed by atoms with Gasteiger partial charge in [0.2, 0.25) is 0 Å². The minimum Gasteiger partial charge on any atom is -0.377 e. The minimum atomic E-state index is 0.288. The van der Waals surface area contributed by atoms with Crippen LogP contribution in [-0.4, -0.2) is 19.3 Å². The first kappa shape index (κ1) is 13.1. The monoisotopic (exact) mass is 297 g/mol. The lowest BCUT2D eigenvalue weighted by atomic mass is 10.1. The zero-order valence-electron chi connectivity index (χ0n) is 10.5. The van der Waals surface area contributed by atoms with Crippen molar-refractivity contribution in [3.8, 4) is 0 Å². The number of ether oxygens (including phenoxy) is 1. The van der Waals surface area contributed by atoms with Gasteiger partial charge in [-0.05, 0) is 43.9 Å². The molecule has 0 spiro atoms. The summed E-state index contributed by atoms with van der Waals surface area (Å²) in [6.45, 7) is 5.87. The summed E-state index contributed by atoms with van der Waals surface area (Å²) in [5, 5.41) is 3.60. The molecule has 0 heterocycles. The lowest BCUT2D eigenvalue weighted by Crippen LogP contribution is -2.29. The predicted octanol–water partition coefficient (Wildman–Crippen LogP) is 3.45. The Morgan fingerprint density at radius 1 is 1.53 bits per heavy atom. The molecule has 0 aliphatic heterocycles. The van der Waals surface area contributed by atoms with Crippen LogP contribution in [0.15, 0.2) is 22.7 Å². The summed E-state index contributed by atoms with van der Waals surface area (Å²) in [5.74, 6) is 0. The molecule has 17 heavy (non-hydrogen) atoms. The maximum atomic E-state index is 5.54. The fourth-order valence-electron chi connectivity index (χ4n) is 2.47. The molecule has 0 fully saturated rings. The highest BCUT2D eigenvalue weighted by Gasteiger charge is 2.23. The molecule has 2 rings (SSSR count). The van der Waals surface area contributed by atoms with Gasteiger partial charge in [-0.3, -0.25) is 0 Å². The maximum Gasteiger partial charge on any atom is 0.0671 e. The van der Waals surface area contributed by atoms with Gasteiger partial charge in [-0.2, -0.15) is 0 Å². The summed E-state index contributed by atoms with van der Waals surface area (Å²) in [4.78, 5) is 0. The smallest absolute Gasteiger partial charge is 0.0671 e. The number of hydrogen-bond donors (Lipinski definition) is 1. The first-order valence-corrected chi connectivity index (χ1v) is 7.14. The van der Waals surface area contributed by atoms with Gasteiger partial charge in [0, 0.05) is 23.7 Å². The zero-order valence-corrected chi connectivity index (χ0v) is 12.1. The van der Waals surface area contributed by atoms with Crippen LogP contribution in [0.25, 0.3) is 0 Å². The highest BCUT2D eigenvalue weighted by atomic mass is 79.9. The number of fused-ring (bicyclic) bond motifs is 1. The van der Waals surface area contributed by atoms with Gasteiger partial charge in [0.25, 0.3) is 0 Å². The zero-order chi connectivity index (χ0) is 12.3. The van der Waals surface area contributed by atoms with E-state index in [1.165, 1.54) is 22.0 Å². The molecule has 0 amide bonds. The van der Waals surface area contributed by atoms with Crippen molar-refractivity contribution in [3.63, 3.8) is 0 Å². The predicted molar refractivity (Wildman–Crippen MR) is 74.3 cm³/mol. The van der Waals surface area contributed by atoms with E-state index >= 15 is 0 Å². The Balaban J connectivity index is 1.96. The maximum absolute atomic E-state index is 5.54. The van der Waals surface area contributed by atoms with E-state index in [2.05, 4.69) is 46.4 Å². The van der Waals surface area contributed by atoms with Crippen molar-refractivity contribution in [2.75, 3.05) is 13.2 Å². The second-order valence-electron chi connectivity index (χ2n) is 4.57. The number of hydrogen-bond acceptors (Lipinski definition) is 2. The lowest BCUT2D eigenvalue weighted by molar-refractivity contribution is 0.0739. The van der Waals surface area contributed by atoms with E-state index < -0.39 is 0 Å². The fourth-order valence-corrected chi connectivity index (χ4v) is 3.05. The van der Waals surface area contributed by atoms with Crippen molar-refractivity contribution < 1.29 is 4.74 Å². The lowest BCUT2D eigenvalue weighted by Gasteiger charge is -2.18. The van der Waals surface area contributed by atoms with Crippen LogP contribution < -0.4 is 5.32 Å². The fraction of sp³-hybridized carbons (Fsp3) is 0.571. The van der Waals surface area contributed by atoms with E-state index in [-0.39, 0.29) is 6.10 Å². The Kier molecular flexibility index (Phi) is 4.60. The second-order valence-corrected chi connectivity index (χ2v) is 5.43. The summed E-state index contributed by atoms with van der Waals surface area (Å²) >= 11 is 3.63. The van der Waals surface area contributed by atoms with Gasteiger partial charge < -0.3 is 10.1 Å². The van der Waals surface area contributed by atoms with E-state index in [0.717, 1.165) is 19.6 Å². The Bertz CT molecular complexity index is 380. The molecule has 0 aromatic heterocycles. The minimum absolute atomic E-state index is 0.288. The molecule has 2 atom stereocenters. The molecule has 94 valence electrons. The summed E-state index contributed by atoms with van der Waals surface area (Å²) in [6.07, 6.45) is 2.64. The molecular formula is C14H20BrNO. The van der Waals surface area contributed by atoms with Gasteiger partial charge in [0.05, 0.1) is 6.10 Å². The van der Waals surface area contributed by atoms with Crippen molar-refractivity contribution >= 4 is 15.9 Å².